The first-order valence-corrected chi connectivity index (χ1v) is 7.70. The van der Waals surface area contributed by atoms with Crippen LogP contribution >= 0.6 is 11.6 Å². The highest BCUT2D eigenvalue weighted by Gasteiger charge is 2.29. The smallest absolute Gasteiger partial charge is 0.218 e. The summed E-state index contributed by atoms with van der Waals surface area (Å²) in [5.74, 6) is 3.55. The van der Waals surface area contributed by atoms with Gasteiger partial charge < -0.3 is 4.74 Å². The van der Waals surface area contributed by atoms with Crippen molar-refractivity contribution in [3.63, 3.8) is 0 Å². The van der Waals surface area contributed by atoms with E-state index in [-0.39, 0.29) is 6.10 Å². The molecule has 2 aliphatic rings. The molecule has 0 spiro atoms. The molecule has 3 unspecified atom stereocenters. The van der Waals surface area contributed by atoms with Crippen LogP contribution in [0.25, 0.3) is 0 Å². The van der Waals surface area contributed by atoms with Crippen LogP contribution in [0.3, 0.4) is 0 Å². The first-order valence-electron chi connectivity index (χ1n) is 7.33. The second-order valence-corrected chi connectivity index (χ2v) is 6.56. The van der Waals surface area contributed by atoms with Crippen molar-refractivity contribution in [2.75, 3.05) is 0 Å². The molecule has 3 rings (SSSR count). The Labute approximate surface area is 119 Å². The second-order valence-electron chi connectivity index (χ2n) is 6.17. The number of nitrogens with zero attached hydrogens (tertiary/aromatic N) is 2. The minimum atomic E-state index is 0.282. The Morgan fingerprint density at radius 1 is 1.11 bits per heavy atom. The van der Waals surface area contributed by atoms with Gasteiger partial charge in [0.1, 0.15) is 17.1 Å². The number of aromatic nitrogens is 2. The van der Waals surface area contributed by atoms with Crippen molar-refractivity contribution in [3.8, 4) is 5.88 Å². The van der Waals surface area contributed by atoms with Gasteiger partial charge in [-0.3, -0.25) is 0 Å². The van der Waals surface area contributed by atoms with Crippen molar-refractivity contribution in [2.24, 2.45) is 11.8 Å². The van der Waals surface area contributed by atoms with Gasteiger partial charge in [-0.15, -0.1) is 0 Å². The molecule has 0 amide bonds. The molecule has 0 N–H and O–H groups in total. The number of hydrogen-bond donors (Lipinski definition) is 0. The average Bonchev–Trinajstić information content (AvgIpc) is 3.17. The van der Waals surface area contributed by atoms with Gasteiger partial charge in [-0.1, -0.05) is 25.4 Å². The predicted octanol–water partition coefficient (Wildman–Crippen LogP) is 4.21. The first kappa shape index (κ1) is 13.2. The quantitative estimate of drug-likeness (QED) is 0.778. The van der Waals surface area contributed by atoms with E-state index in [9.17, 15) is 0 Å². The van der Waals surface area contributed by atoms with E-state index < -0.39 is 0 Å². The Hall–Kier alpha value is -0.830. The van der Waals surface area contributed by atoms with Crippen molar-refractivity contribution in [1.29, 1.82) is 0 Å². The summed E-state index contributed by atoms with van der Waals surface area (Å²) < 4.78 is 6.04. The molecule has 3 nitrogen and oxygen atoms in total. The Kier molecular flexibility index (Phi) is 3.66. The van der Waals surface area contributed by atoms with E-state index in [2.05, 4.69) is 23.8 Å². The number of halogens is 1. The van der Waals surface area contributed by atoms with Crippen LogP contribution in [0.5, 0.6) is 5.88 Å². The predicted molar refractivity (Wildman–Crippen MR) is 75.6 cm³/mol. The van der Waals surface area contributed by atoms with Crippen molar-refractivity contribution in [2.45, 2.75) is 58.0 Å². The molecule has 0 bridgehead atoms. The summed E-state index contributed by atoms with van der Waals surface area (Å²) in [5, 5.41) is 0.504. The fourth-order valence-corrected chi connectivity index (χ4v) is 2.95. The standard InChI is InChI=1S/C15H21ClN2O/c1-9-3-6-12(7-10(9)2)19-14-8-13(16)17-15(18-14)11-4-5-11/h8-12H,3-7H2,1-2H3. The topological polar surface area (TPSA) is 35.0 Å². The molecule has 0 aliphatic heterocycles. The third-order valence-electron chi connectivity index (χ3n) is 4.47. The Morgan fingerprint density at radius 2 is 1.89 bits per heavy atom. The molecule has 19 heavy (non-hydrogen) atoms. The lowest BCUT2D eigenvalue weighted by Gasteiger charge is -2.31. The van der Waals surface area contributed by atoms with E-state index in [0.717, 1.165) is 30.5 Å². The van der Waals surface area contributed by atoms with Crippen molar-refractivity contribution in [3.05, 3.63) is 17.0 Å². The zero-order chi connectivity index (χ0) is 13.4. The van der Waals surface area contributed by atoms with Crippen LogP contribution < -0.4 is 4.74 Å². The Balaban J connectivity index is 1.69. The minimum Gasteiger partial charge on any atom is -0.474 e. The van der Waals surface area contributed by atoms with E-state index in [1.165, 1.54) is 19.3 Å². The van der Waals surface area contributed by atoms with E-state index in [4.69, 9.17) is 16.3 Å². The molecule has 1 aromatic heterocycles. The van der Waals surface area contributed by atoms with Crippen LogP contribution in [-0.2, 0) is 0 Å². The first-order chi connectivity index (χ1) is 9.11. The van der Waals surface area contributed by atoms with E-state index in [1.807, 2.05) is 0 Å². The van der Waals surface area contributed by atoms with Gasteiger partial charge in [0.2, 0.25) is 5.88 Å². The molecular formula is C15H21ClN2O. The molecule has 4 heteroatoms. The summed E-state index contributed by atoms with van der Waals surface area (Å²) in [6.45, 7) is 4.64. The maximum atomic E-state index is 6.06. The van der Waals surface area contributed by atoms with Gasteiger partial charge in [0.15, 0.2) is 0 Å². The zero-order valence-electron chi connectivity index (χ0n) is 11.6. The van der Waals surface area contributed by atoms with Crippen molar-refractivity contribution in [1.82, 2.24) is 9.97 Å². The zero-order valence-corrected chi connectivity index (χ0v) is 12.4. The molecule has 0 radical (unpaired) electrons. The van der Waals surface area contributed by atoms with Crippen molar-refractivity contribution >= 4 is 11.6 Å². The van der Waals surface area contributed by atoms with Crippen LogP contribution in [0.15, 0.2) is 6.07 Å². The Morgan fingerprint density at radius 3 is 2.58 bits per heavy atom. The molecule has 2 saturated carbocycles. The normalized spacial score (nSPS) is 31.2. The monoisotopic (exact) mass is 280 g/mol. The molecule has 2 fully saturated rings. The van der Waals surface area contributed by atoms with Crippen LogP contribution in [0.1, 0.15) is 57.7 Å². The van der Waals surface area contributed by atoms with Gasteiger partial charge >= 0.3 is 0 Å². The van der Waals surface area contributed by atoms with Crippen LogP contribution in [0, 0.1) is 11.8 Å². The Bertz CT molecular complexity index is 461. The third kappa shape index (κ3) is 3.19. The van der Waals surface area contributed by atoms with E-state index >= 15 is 0 Å². The lowest BCUT2D eigenvalue weighted by atomic mass is 9.80. The summed E-state index contributed by atoms with van der Waals surface area (Å²) in [6.07, 6.45) is 6.10. The summed E-state index contributed by atoms with van der Waals surface area (Å²) in [7, 11) is 0. The van der Waals surface area contributed by atoms with Crippen LogP contribution in [0.2, 0.25) is 5.15 Å². The van der Waals surface area contributed by atoms with Gasteiger partial charge in [-0.25, -0.2) is 4.98 Å². The van der Waals surface area contributed by atoms with Crippen LogP contribution in [0.4, 0.5) is 0 Å². The fourth-order valence-electron chi connectivity index (χ4n) is 2.77. The average molecular weight is 281 g/mol. The largest absolute Gasteiger partial charge is 0.474 e. The lowest BCUT2D eigenvalue weighted by Crippen LogP contribution is -2.29. The van der Waals surface area contributed by atoms with Gasteiger partial charge in [-0.05, 0) is 43.9 Å². The van der Waals surface area contributed by atoms with Gasteiger partial charge in [0, 0.05) is 12.0 Å². The minimum absolute atomic E-state index is 0.282. The summed E-state index contributed by atoms with van der Waals surface area (Å²) in [4.78, 5) is 8.81. The molecule has 0 saturated heterocycles. The van der Waals surface area contributed by atoms with Crippen molar-refractivity contribution < 1.29 is 4.74 Å². The van der Waals surface area contributed by atoms with Gasteiger partial charge in [-0.2, -0.15) is 4.98 Å². The molecule has 0 aromatic carbocycles. The summed E-state index contributed by atoms with van der Waals surface area (Å²) in [6, 6.07) is 1.75. The lowest BCUT2D eigenvalue weighted by molar-refractivity contribution is 0.0961. The highest BCUT2D eigenvalue weighted by molar-refractivity contribution is 6.29. The maximum Gasteiger partial charge on any atom is 0.218 e. The summed E-state index contributed by atoms with van der Waals surface area (Å²) >= 11 is 6.06. The fraction of sp³-hybridized carbons (Fsp3) is 0.733. The highest BCUT2D eigenvalue weighted by atomic mass is 35.5. The second kappa shape index (κ2) is 5.28. The highest BCUT2D eigenvalue weighted by Crippen LogP contribution is 2.39. The number of ether oxygens (including phenoxy) is 1. The van der Waals surface area contributed by atoms with Gasteiger partial charge in [0.05, 0.1) is 0 Å². The number of rotatable bonds is 3. The molecule has 1 aromatic rings. The van der Waals surface area contributed by atoms with Gasteiger partial charge in [0.25, 0.3) is 0 Å². The molecule has 104 valence electrons. The third-order valence-corrected chi connectivity index (χ3v) is 4.66. The maximum absolute atomic E-state index is 6.06. The molecule has 3 atom stereocenters. The van der Waals surface area contributed by atoms with Crippen LogP contribution in [-0.4, -0.2) is 16.1 Å². The van der Waals surface area contributed by atoms with E-state index in [1.54, 1.807) is 6.07 Å². The van der Waals surface area contributed by atoms with E-state index in [0.29, 0.717) is 17.0 Å². The molecule has 1 heterocycles. The number of hydrogen-bond acceptors (Lipinski definition) is 3. The molecular weight excluding hydrogens is 260 g/mol. The SMILES string of the molecule is CC1CCC(Oc2cc(Cl)nc(C3CC3)n2)CC1C. The summed E-state index contributed by atoms with van der Waals surface area (Å²) in [5.41, 5.74) is 0. The molecule has 2 aliphatic carbocycles.